The van der Waals surface area contributed by atoms with Crippen LogP contribution in [0.4, 0.5) is 0 Å². The minimum Gasteiger partial charge on any atom is -0.456 e. The molecule has 4 atom stereocenters. The van der Waals surface area contributed by atoms with Crippen molar-refractivity contribution in [1.29, 1.82) is 0 Å². The van der Waals surface area contributed by atoms with Gasteiger partial charge in [-0.2, -0.15) is 0 Å². The van der Waals surface area contributed by atoms with Crippen molar-refractivity contribution in [3.8, 4) is 11.2 Å². The number of esters is 1. The third kappa shape index (κ3) is 4.38. The number of quaternary nitrogens is 1. The van der Waals surface area contributed by atoms with E-state index in [-0.39, 0.29) is 5.50 Å². The molecule has 0 aliphatic carbocycles. The summed E-state index contributed by atoms with van der Waals surface area (Å²) in [6.45, 7) is 15.7. The van der Waals surface area contributed by atoms with Crippen LogP contribution < -0.4 is 4.90 Å². The minimum atomic E-state index is -0.439. The molecule has 0 aromatic carbocycles. The second kappa shape index (κ2) is 8.07. The molecule has 5 heteroatoms. The molecule has 0 aromatic rings. The Kier molecular flexibility index (Phi) is 7.05. The molecule has 4 nitrogen and oxygen atoms in total. The smallest absolute Gasteiger partial charge is 0.385 e. The third-order valence-electron chi connectivity index (χ3n) is 4.14. The van der Waals surface area contributed by atoms with E-state index in [0.29, 0.717) is 30.8 Å². The van der Waals surface area contributed by atoms with Crippen LogP contribution in [0.3, 0.4) is 0 Å². The Bertz CT molecular complexity index is 394. The number of carbonyl (C=O) groups is 1. The van der Waals surface area contributed by atoms with Crippen molar-refractivity contribution in [1.82, 2.24) is 4.90 Å². The van der Waals surface area contributed by atoms with Crippen LogP contribution in [0.15, 0.2) is 0 Å². The van der Waals surface area contributed by atoms with Gasteiger partial charge in [-0.1, -0.05) is 0 Å². The van der Waals surface area contributed by atoms with Crippen LogP contribution in [-0.2, 0) is 9.53 Å². The number of rotatable bonds is 4. The molecule has 0 saturated carbocycles. The molecule has 0 spiro atoms. The molecule has 21 heavy (non-hydrogen) atoms. The van der Waals surface area contributed by atoms with E-state index < -0.39 is 5.97 Å². The highest BCUT2D eigenvalue weighted by Crippen LogP contribution is 2.23. The van der Waals surface area contributed by atoms with Crippen molar-refractivity contribution in [3.63, 3.8) is 0 Å². The fourth-order valence-corrected chi connectivity index (χ4v) is 4.56. The van der Waals surface area contributed by atoms with Gasteiger partial charge in [-0.25, -0.2) is 9.69 Å². The quantitative estimate of drug-likeness (QED) is 0.627. The first-order valence-corrected chi connectivity index (χ1v) is 8.66. The maximum atomic E-state index is 11.3. The van der Waals surface area contributed by atoms with Gasteiger partial charge in [-0.3, -0.25) is 0 Å². The Balaban J connectivity index is 2.89. The Morgan fingerprint density at radius 3 is 2.43 bits per heavy atom. The van der Waals surface area contributed by atoms with E-state index in [9.17, 15) is 4.79 Å². The normalized spacial score (nSPS) is 29.6. The van der Waals surface area contributed by atoms with Gasteiger partial charge in [0.05, 0.1) is 18.7 Å². The molecule has 0 radical (unpaired) electrons. The van der Waals surface area contributed by atoms with Crippen LogP contribution in [0.2, 0.25) is 0 Å². The van der Waals surface area contributed by atoms with Crippen molar-refractivity contribution in [2.24, 2.45) is 0 Å². The molecule has 120 valence electrons. The van der Waals surface area contributed by atoms with Crippen LogP contribution in [-0.4, -0.2) is 47.1 Å². The van der Waals surface area contributed by atoms with Gasteiger partial charge in [0, 0.05) is 23.7 Å². The van der Waals surface area contributed by atoms with Crippen molar-refractivity contribution in [3.05, 3.63) is 0 Å². The number of hydrogen-bond donors (Lipinski definition) is 1. The van der Waals surface area contributed by atoms with Crippen LogP contribution in [0, 0.1) is 11.2 Å². The summed E-state index contributed by atoms with van der Waals surface area (Å²) in [6.07, 6.45) is 0. The maximum absolute atomic E-state index is 11.3. The third-order valence-corrected chi connectivity index (χ3v) is 5.10. The molecule has 0 aromatic heterocycles. The van der Waals surface area contributed by atoms with E-state index in [0.717, 1.165) is 0 Å². The van der Waals surface area contributed by atoms with Gasteiger partial charge in [0.2, 0.25) is 5.50 Å². The largest absolute Gasteiger partial charge is 0.456 e. The average molecular weight is 313 g/mol. The molecule has 0 amide bonds. The first-order valence-electron chi connectivity index (χ1n) is 7.78. The van der Waals surface area contributed by atoms with Gasteiger partial charge >= 0.3 is 5.97 Å². The zero-order valence-corrected chi connectivity index (χ0v) is 15.1. The van der Waals surface area contributed by atoms with E-state index in [1.54, 1.807) is 18.7 Å². The molecule has 1 fully saturated rings. The van der Waals surface area contributed by atoms with Gasteiger partial charge < -0.3 is 9.64 Å². The SMILES string of the molecule is CCOC(=O)C#CSC1N(C(C)C)C(C)C(C)[NH+]1C(C)C. The van der Waals surface area contributed by atoms with Crippen LogP contribution >= 0.6 is 11.8 Å². The highest BCUT2D eigenvalue weighted by Gasteiger charge is 2.48. The number of hydrogen-bond acceptors (Lipinski definition) is 4. The van der Waals surface area contributed by atoms with Crippen LogP contribution in [0.1, 0.15) is 48.5 Å². The fraction of sp³-hybridized carbons (Fsp3) is 0.812. The second-order valence-electron chi connectivity index (χ2n) is 6.14. The summed E-state index contributed by atoms with van der Waals surface area (Å²) in [5, 5.41) is 2.95. The second-order valence-corrected chi connectivity index (χ2v) is 7.03. The monoisotopic (exact) mass is 313 g/mol. The number of nitrogens with zero attached hydrogens (tertiary/aromatic N) is 1. The lowest BCUT2D eigenvalue weighted by Gasteiger charge is -2.30. The van der Waals surface area contributed by atoms with E-state index in [4.69, 9.17) is 4.74 Å². The Hall–Kier alpha value is -0.700. The fourth-order valence-electron chi connectivity index (χ4n) is 3.12. The summed E-state index contributed by atoms with van der Waals surface area (Å²) < 4.78 is 4.85. The maximum Gasteiger partial charge on any atom is 0.385 e. The zero-order valence-electron chi connectivity index (χ0n) is 14.3. The van der Waals surface area contributed by atoms with Crippen LogP contribution in [0.25, 0.3) is 0 Å². The van der Waals surface area contributed by atoms with Crippen LogP contribution in [0.5, 0.6) is 0 Å². The van der Waals surface area contributed by atoms with Gasteiger partial charge in [0.25, 0.3) is 0 Å². The molecule has 1 aliphatic heterocycles. The first-order chi connectivity index (χ1) is 9.81. The highest BCUT2D eigenvalue weighted by atomic mass is 32.2. The molecule has 4 unspecified atom stereocenters. The topological polar surface area (TPSA) is 34.0 Å². The van der Waals surface area contributed by atoms with Gasteiger partial charge in [0.1, 0.15) is 6.04 Å². The van der Waals surface area contributed by atoms with Gasteiger partial charge in [-0.15, -0.1) is 0 Å². The van der Waals surface area contributed by atoms with Gasteiger partial charge in [0.15, 0.2) is 0 Å². The predicted molar refractivity (Wildman–Crippen MR) is 87.8 cm³/mol. The van der Waals surface area contributed by atoms with E-state index in [2.05, 4.69) is 57.6 Å². The number of ether oxygens (including phenoxy) is 1. The lowest BCUT2D eigenvalue weighted by atomic mass is 10.1. The van der Waals surface area contributed by atoms with Crippen molar-refractivity contribution < 1.29 is 14.4 Å². The summed E-state index contributed by atoms with van der Waals surface area (Å²) in [4.78, 5) is 15.4. The average Bonchev–Trinajstić information content (AvgIpc) is 2.62. The zero-order chi connectivity index (χ0) is 16.2. The summed E-state index contributed by atoms with van der Waals surface area (Å²) in [5.41, 5.74) is 0.261. The standard InChI is InChI=1S/C16H28N2O2S/c1-8-20-15(19)9-10-21-16-17(11(2)3)13(6)14(7)18(16)12(4)5/h11-14,16H,8H2,1-7H3/p+1. The Morgan fingerprint density at radius 2 is 1.95 bits per heavy atom. The number of thioether (sulfide) groups is 1. The molecule has 1 rings (SSSR count). The molecular formula is C16H29N2O2S+. The Morgan fingerprint density at radius 1 is 1.33 bits per heavy atom. The molecule has 1 saturated heterocycles. The first kappa shape index (κ1) is 18.3. The number of carbonyl (C=O) groups excluding carboxylic acids is 1. The lowest BCUT2D eigenvalue weighted by molar-refractivity contribution is -0.945. The summed E-state index contributed by atoms with van der Waals surface area (Å²) in [7, 11) is 0. The van der Waals surface area contributed by atoms with Crippen molar-refractivity contribution >= 4 is 17.7 Å². The number of nitrogens with one attached hydrogen (secondary N) is 1. The minimum absolute atomic E-state index is 0.261. The Labute approximate surface area is 133 Å². The van der Waals surface area contributed by atoms with Crippen molar-refractivity contribution in [2.45, 2.75) is 78.1 Å². The molecular weight excluding hydrogens is 284 g/mol. The molecule has 1 aliphatic rings. The van der Waals surface area contributed by atoms with E-state index in [1.807, 2.05) is 0 Å². The summed E-state index contributed by atoms with van der Waals surface area (Å²) in [6, 6.07) is 2.03. The predicted octanol–water partition coefficient (Wildman–Crippen LogP) is 1.32. The lowest BCUT2D eigenvalue weighted by Crippen LogP contribution is -3.19. The van der Waals surface area contributed by atoms with E-state index in [1.165, 1.54) is 4.90 Å². The highest BCUT2D eigenvalue weighted by molar-refractivity contribution is 8.04. The van der Waals surface area contributed by atoms with Gasteiger partial charge in [-0.05, 0) is 53.7 Å². The summed E-state index contributed by atoms with van der Waals surface area (Å²) in [5.74, 6) is 2.13. The summed E-state index contributed by atoms with van der Waals surface area (Å²) >= 11 is 1.55. The molecule has 1 heterocycles. The van der Waals surface area contributed by atoms with Crippen molar-refractivity contribution in [2.75, 3.05) is 6.61 Å². The molecule has 0 bridgehead atoms. The molecule has 1 N–H and O–H groups in total. The van der Waals surface area contributed by atoms with E-state index >= 15 is 0 Å².